The number of hydrogen-bond acceptors (Lipinski definition) is 6. The summed E-state index contributed by atoms with van der Waals surface area (Å²) in [5, 5.41) is 14.5. The zero-order valence-corrected chi connectivity index (χ0v) is 14.0. The minimum atomic E-state index is -1.17. The maximum absolute atomic E-state index is 12.2. The van der Waals surface area contributed by atoms with Gasteiger partial charge < -0.3 is 14.8 Å². The van der Waals surface area contributed by atoms with Crippen molar-refractivity contribution in [2.75, 3.05) is 19.5 Å². The van der Waals surface area contributed by atoms with Gasteiger partial charge in [0.05, 0.1) is 14.2 Å². The molecule has 0 saturated heterocycles. The number of nitrogens with zero attached hydrogens (tertiary/aromatic N) is 1. The van der Waals surface area contributed by atoms with Gasteiger partial charge >= 0.3 is 5.97 Å². The highest BCUT2D eigenvalue weighted by atomic mass is 16.6. The van der Waals surface area contributed by atoms with E-state index >= 15 is 0 Å². The lowest BCUT2D eigenvalue weighted by Crippen LogP contribution is -2.47. The van der Waals surface area contributed by atoms with Crippen LogP contribution in [0.3, 0.4) is 0 Å². The van der Waals surface area contributed by atoms with Crippen LogP contribution in [0.1, 0.15) is 5.56 Å². The van der Waals surface area contributed by atoms with Crippen LogP contribution in [-0.4, -0.2) is 37.2 Å². The summed E-state index contributed by atoms with van der Waals surface area (Å²) >= 11 is 0. The lowest BCUT2D eigenvalue weighted by atomic mass is 9.99. The number of nitro groups is 1. The Kier molecular flexibility index (Phi) is 6.33. The SMILES string of the molecule is COC(=O)[C@H](Nc1ccc(OC)cc1)[C@@H](Cc1ccccc1)[N+](=O)[O-]. The van der Waals surface area contributed by atoms with E-state index in [0.717, 1.165) is 5.56 Å². The first-order valence-electron chi connectivity index (χ1n) is 7.71. The van der Waals surface area contributed by atoms with E-state index in [4.69, 9.17) is 9.47 Å². The van der Waals surface area contributed by atoms with Crippen LogP contribution in [0.4, 0.5) is 5.69 Å². The number of esters is 1. The van der Waals surface area contributed by atoms with Gasteiger partial charge in [0.15, 0.2) is 6.04 Å². The molecule has 0 bridgehead atoms. The van der Waals surface area contributed by atoms with Crippen molar-refractivity contribution in [1.29, 1.82) is 0 Å². The molecular formula is C18H20N2O5. The van der Waals surface area contributed by atoms with Crippen LogP contribution in [0, 0.1) is 10.1 Å². The molecule has 0 saturated carbocycles. The minimum absolute atomic E-state index is 0.108. The topological polar surface area (TPSA) is 90.7 Å². The average molecular weight is 344 g/mol. The van der Waals surface area contributed by atoms with Crippen LogP contribution < -0.4 is 10.1 Å². The summed E-state index contributed by atoms with van der Waals surface area (Å²) in [4.78, 5) is 23.3. The van der Waals surface area contributed by atoms with Gasteiger partial charge in [0.25, 0.3) is 0 Å². The fourth-order valence-electron chi connectivity index (χ4n) is 2.48. The second-order valence-electron chi connectivity index (χ2n) is 5.42. The highest BCUT2D eigenvalue weighted by molar-refractivity contribution is 5.80. The van der Waals surface area contributed by atoms with E-state index in [1.807, 2.05) is 6.07 Å². The maximum atomic E-state index is 12.2. The summed E-state index contributed by atoms with van der Waals surface area (Å²) in [5.41, 5.74) is 1.34. The number of benzene rings is 2. The molecule has 0 aliphatic heterocycles. The Hall–Kier alpha value is -3.09. The Morgan fingerprint density at radius 1 is 1.12 bits per heavy atom. The van der Waals surface area contributed by atoms with E-state index in [0.29, 0.717) is 11.4 Å². The second kappa shape index (κ2) is 8.68. The van der Waals surface area contributed by atoms with E-state index < -0.39 is 23.0 Å². The van der Waals surface area contributed by atoms with Gasteiger partial charge in [-0.15, -0.1) is 0 Å². The van der Waals surface area contributed by atoms with Gasteiger partial charge in [-0.3, -0.25) is 10.1 Å². The Bertz CT molecular complexity index is 703. The van der Waals surface area contributed by atoms with Crippen molar-refractivity contribution in [3.05, 3.63) is 70.3 Å². The predicted octanol–water partition coefficient (Wildman–Crippen LogP) is 2.54. The number of nitrogens with one attached hydrogen (secondary N) is 1. The molecule has 7 heteroatoms. The zero-order valence-electron chi connectivity index (χ0n) is 14.0. The molecule has 2 atom stereocenters. The van der Waals surface area contributed by atoms with E-state index in [-0.39, 0.29) is 6.42 Å². The van der Waals surface area contributed by atoms with Crippen molar-refractivity contribution in [2.24, 2.45) is 0 Å². The molecular weight excluding hydrogens is 324 g/mol. The molecule has 25 heavy (non-hydrogen) atoms. The third-order valence-corrected chi connectivity index (χ3v) is 3.81. The van der Waals surface area contributed by atoms with Crippen molar-refractivity contribution in [3.8, 4) is 5.75 Å². The van der Waals surface area contributed by atoms with Crippen LogP contribution in [0.2, 0.25) is 0 Å². The highest BCUT2D eigenvalue weighted by Crippen LogP contribution is 2.19. The van der Waals surface area contributed by atoms with Gasteiger partial charge in [0.2, 0.25) is 6.04 Å². The molecule has 0 aliphatic carbocycles. The monoisotopic (exact) mass is 344 g/mol. The van der Waals surface area contributed by atoms with Crippen LogP contribution >= 0.6 is 0 Å². The fraction of sp³-hybridized carbons (Fsp3) is 0.278. The fourth-order valence-corrected chi connectivity index (χ4v) is 2.48. The van der Waals surface area contributed by atoms with E-state index in [1.54, 1.807) is 55.6 Å². The Balaban J connectivity index is 2.25. The van der Waals surface area contributed by atoms with Crippen molar-refractivity contribution in [3.63, 3.8) is 0 Å². The van der Waals surface area contributed by atoms with Crippen molar-refractivity contribution < 1.29 is 19.2 Å². The number of ether oxygens (including phenoxy) is 2. The summed E-state index contributed by atoms with van der Waals surface area (Å²) < 4.78 is 9.85. The molecule has 2 rings (SSSR count). The number of carbonyl (C=O) groups excluding carboxylic acids is 1. The van der Waals surface area contributed by atoms with Crippen molar-refractivity contribution in [2.45, 2.75) is 18.5 Å². The van der Waals surface area contributed by atoms with Crippen LogP contribution in [0.15, 0.2) is 54.6 Å². The van der Waals surface area contributed by atoms with Gasteiger partial charge in [0, 0.05) is 17.0 Å². The molecule has 0 heterocycles. The Morgan fingerprint density at radius 3 is 2.28 bits per heavy atom. The summed E-state index contributed by atoms with van der Waals surface area (Å²) in [6.07, 6.45) is 0.108. The van der Waals surface area contributed by atoms with Crippen LogP contribution in [0.5, 0.6) is 5.75 Å². The standard InChI is InChI=1S/C18H20N2O5/c1-24-15-10-8-14(9-11-15)19-17(18(21)25-2)16(20(22)23)12-13-6-4-3-5-7-13/h3-11,16-17,19H,12H2,1-2H3/t16-,17-/m1/s1. The quantitative estimate of drug-likeness (QED) is 0.449. The number of rotatable bonds is 8. The molecule has 0 unspecified atom stereocenters. The summed E-state index contributed by atoms with van der Waals surface area (Å²) in [6.45, 7) is 0. The predicted molar refractivity (Wildman–Crippen MR) is 93.3 cm³/mol. The molecule has 0 spiro atoms. The Labute approximate surface area is 145 Å². The van der Waals surface area contributed by atoms with Gasteiger partial charge in [-0.25, -0.2) is 4.79 Å². The number of anilines is 1. The first-order chi connectivity index (χ1) is 12.0. The molecule has 0 fully saturated rings. The van der Waals surface area contributed by atoms with Crippen molar-refractivity contribution >= 4 is 11.7 Å². The third-order valence-electron chi connectivity index (χ3n) is 3.81. The smallest absolute Gasteiger partial charge is 0.335 e. The molecule has 2 aromatic carbocycles. The van der Waals surface area contributed by atoms with Gasteiger partial charge in [-0.1, -0.05) is 30.3 Å². The molecule has 2 aromatic rings. The summed E-state index contributed by atoms with van der Waals surface area (Å²) in [7, 11) is 2.76. The minimum Gasteiger partial charge on any atom is -0.497 e. The molecule has 1 N–H and O–H groups in total. The van der Waals surface area contributed by atoms with E-state index in [9.17, 15) is 14.9 Å². The number of hydrogen-bond donors (Lipinski definition) is 1. The average Bonchev–Trinajstić information content (AvgIpc) is 2.65. The van der Waals surface area contributed by atoms with Crippen molar-refractivity contribution in [1.82, 2.24) is 0 Å². The zero-order chi connectivity index (χ0) is 18.2. The van der Waals surface area contributed by atoms with Crippen LogP contribution in [0.25, 0.3) is 0 Å². The van der Waals surface area contributed by atoms with Gasteiger partial charge in [-0.2, -0.15) is 0 Å². The molecule has 0 aliphatic rings. The molecule has 0 aromatic heterocycles. The Morgan fingerprint density at radius 2 is 1.76 bits per heavy atom. The largest absolute Gasteiger partial charge is 0.497 e. The van der Waals surface area contributed by atoms with E-state index in [1.165, 1.54) is 7.11 Å². The summed E-state index contributed by atoms with van der Waals surface area (Å²) in [6, 6.07) is 13.5. The summed E-state index contributed by atoms with van der Waals surface area (Å²) in [5.74, 6) is -0.0382. The normalized spacial score (nSPS) is 12.7. The van der Waals surface area contributed by atoms with Gasteiger partial charge in [-0.05, 0) is 29.8 Å². The molecule has 0 radical (unpaired) electrons. The molecule has 132 valence electrons. The van der Waals surface area contributed by atoms with Crippen LogP contribution in [-0.2, 0) is 16.0 Å². The maximum Gasteiger partial charge on any atom is 0.335 e. The second-order valence-corrected chi connectivity index (χ2v) is 5.42. The number of carbonyl (C=O) groups is 1. The third kappa shape index (κ3) is 4.94. The lowest BCUT2D eigenvalue weighted by molar-refractivity contribution is -0.522. The molecule has 0 amide bonds. The highest BCUT2D eigenvalue weighted by Gasteiger charge is 2.38. The first kappa shape index (κ1) is 18.3. The molecule has 7 nitrogen and oxygen atoms in total. The number of methoxy groups -OCH3 is 2. The first-order valence-corrected chi connectivity index (χ1v) is 7.71. The lowest BCUT2D eigenvalue weighted by Gasteiger charge is -2.21. The van der Waals surface area contributed by atoms with E-state index in [2.05, 4.69) is 5.32 Å². The van der Waals surface area contributed by atoms with Gasteiger partial charge in [0.1, 0.15) is 5.75 Å².